The molecule has 0 aliphatic heterocycles. The lowest BCUT2D eigenvalue weighted by Crippen LogP contribution is -2.21. The van der Waals surface area contributed by atoms with Gasteiger partial charge in [-0.2, -0.15) is 0 Å². The standard InChI is InChI=1S/C21H38/c1-2-6-12-18(11-5-1)20-15-9-10-16-21(17-20)19-13-7-3-4-8-14-19/h18-21H,1-17H2. The highest BCUT2D eigenvalue weighted by atomic mass is 14.4. The van der Waals surface area contributed by atoms with Crippen molar-refractivity contribution in [1.29, 1.82) is 0 Å². The van der Waals surface area contributed by atoms with Crippen molar-refractivity contribution in [3.8, 4) is 0 Å². The van der Waals surface area contributed by atoms with Gasteiger partial charge in [0.2, 0.25) is 0 Å². The summed E-state index contributed by atoms with van der Waals surface area (Å²) in [4.78, 5) is 0. The molecule has 21 heavy (non-hydrogen) atoms. The van der Waals surface area contributed by atoms with E-state index in [-0.39, 0.29) is 0 Å². The molecule has 0 bridgehead atoms. The Kier molecular flexibility index (Phi) is 6.49. The lowest BCUT2D eigenvalue weighted by atomic mass is 9.74. The van der Waals surface area contributed by atoms with Crippen molar-refractivity contribution in [2.45, 2.75) is 109 Å². The molecular weight excluding hydrogens is 252 g/mol. The molecule has 0 aromatic heterocycles. The van der Waals surface area contributed by atoms with Gasteiger partial charge in [0.1, 0.15) is 0 Å². The van der Waals surface area contributed by atoms with Gasteiger partial charge in [-0.3, -0.25) is 0 Å². The first-order chi connectivity index (χ1) is 10.4. The summed E-state index contributed by atoms with van der Waals surface area (Å²) in [5, 5.41) is 0. The zero-order valence-corrected chi connectivity index (χ0v) is 14.3. The van der Waals surface area contributed by atoms with E-state index in [0.29, 0.717) is 0 Å². The summed E-state index contributed by atoms with van der Waals surface area (Å²) in [5.74, 6) is 4.44. The predicted octanol–water partition coefficient (Wildman–Crippen LogP) is 7.12. The largest absolute Gasteiger partial charge is 0.0533 e. The molecule has 0 aromatic rings. The van der Waals surface area contributed by atoms with E-state index in [1.54, 1.807) is 57.8 Å². The lowest BCUT2D eigenvalue weighted by Gasteiger charge is -2.31. The van der Waals surface area contributed by atoms with Gasteiger partial charge in [-0.1, -0.05) is 103 Å². The molecule has 0 amide bonds. The van der Waals surface area contributed by atoms with Crippen molar-refractivity contribution in [2.75, 3.05) is 0 Å². The normalized spacial score (nSPS) is 34.9. The van der Waals surface area contributed by atoms with E-state index in [9.17, 15) is 0 Å². The summed E-state index contributed by atoms with van der Waals surface area (Å²) in [6.45, 7) is 0. The van der Waals surface area contributed by atoms with Gasteiger partial charge in [0.15, 0.2) is 0 Å². The van der Waals surface area contributed by atoms with E-state index in [1.807, 2.05) is 0 Å². The fraction of sp³-hybridized carbons (Fsp3) is 1.00. The topological polar surface area (TPSA) is 0 Å². The minimum absolute atomic E-state index is 1.11. The first-order valence-corrected chi connectivity index (χ1v) is 10.4. The molecule has 3 aliphatic carbocycles. The third kappa shape index (κ3) is 4.73. The molecule has 2 atom stereocenters. The molecule has 0 saturated heterocycles. The molecule has 0 heterocycles. The monoisotopic (exact) mass is 290 g/mol. The van der Waals surface area contributed by atoms with Crippen LogP contribution in [0.1, 0.15) is 109 Å². The summed E-state index contributed by atoms with van der Waals surface area (Å²) in [6.07, 6.45) is 26.4. The maximum Gasteiger partial charge on any atom is -0.0383 e. The quantitative estimate of drug-likeness (QED) is 0.475. The van der Waals surface area contributed by atoms with Crippen LogP contribution in [0.2, 0.25) is 0 Å². The minimum atomic E-state index is 1.11. The Balaban J connectivity index is 1.59. The van der Waals surface area contributed by atoms with Crippen molar-refractivity contribution < 1.29 is 0 Å². The summed E-state index contributed by atoms with van der Waals surface area (Å²) in [6, 6.07) is 0. The Morgan fingerprint density at radius 1 is 0.286 bits per heavy atom. The van der Waals surface area contributed by atoms with Gasteiger partial charge < -0.3 is 0 Å². The van der Waals surface area contributed by atoms with Crippen LogP contribution >= 0.6 is 0 Å². The molecule has 0 heteroatoms. The Morgan fingerprint density at radius 3 is 0.952 bits per heavy atom. The molecule has 3 aliphatic rings. The Bertz CT molecular complexity index is 238. The van der Waals surface area contributed by atoms with Crippen LogP contribution in [0.25, 0.3) is 0 Å². The van der Waals surface area contributed by atoms with Gasteiger partial charge in [0.25, 0.3) is 0 Å². The minimum Gasteiger partial charge on any atom is -0.0533 e. The second-order valence-corrected chi connectivity index (χ2v) is 8.54. The number of hydrogen-bond donors (Lipinski definition) is 0. The molecule has 3 fully saturated rings. The molecule has 3 rings (SSSR count). The van der Waals surface area contributed by atoms with Crippen LogP contribution in [0, 0.1) is 23.7 Å². The van der Waals surface area contributed by atoms with Crippen molar-refractivity contribution >= 4 is 0 Å². The second-order valence-electron chi connectivity index (χ2n) is 8.54. The summed E-state index contributed by atoms with van der Waals surface area (Å²) in [5.41, 5.74) is 0. The molecule has 0 aromatic carbocycles. The van der Waals surface area contributed by atoms with E-state index in [2.05, 4.69) is 0 Å². The first-order valence-electron chi connectivity index (χ1n) is 10.4. The maximum absolute atomic E-state index is 1.62. The Morgan fingerprint density at radius 2 is 0.571 bits per heavy atom. The average molecular weight is 291 g/mol. The molecule has 0 spiro atoms. The van der Waals surface area contributed by atoms with Crippen LogP contribution in [0.5, 0.6) is 0 Å². The maximum atomic E-state index is 1.62. The second kappa shape index (κ2) is 8.59. The van der Waals surface area contributed by atoms with Crippen molar-refractivity contribution in [2.24, 2.45) is 23.7 Å². The molecular formula is C21H38. The highest BCUT2D eigenvalue weighted by Gasteiger charge is 2.31. The smallest absolute Gasteiger partial charge is 0.0383 e. The molecule has 2 unspecified atom stereocenters. The van der Waals surface area contributed by atoms with Crippen LogP contribution in [0.4, 0.5) is 0 Å². The van der Waals surface area contributed by atoms with Crippen molar-refractivity contribution in [3.05, 3.63) is 0 Å². The fourth-order valence-electron chi connectivity index (χ4n) is 5.86. The van der Waals surface area contributed by atoms with Crippen molar-refractivity contribution in [1.82, 2.24) is 0 Å². The van der Waals surface area contributed by atoms with Gasteiger partial charge in [0.05, 0.1) is 0 Å². The third-order valence-corrected chi connectivity index (χ3v) is 7.14. The van der Waals surface area contributed by atoms with Crippen molar-refractivity contribution in [3.63, 3.8) is 0 Å². The molecule has 3 saturated carbocycles. The highest BCUT2D eigenvalue weighted by molar-refractivity contribution is 4.82. The van der Waals surface area contributed by atoms with Gasteiger partial charge in [0, 0.05) is 0 Å². The van der Waals surface area contributed by atoms with E-state index in [0.717, 1.165) is 23.7 Å². The Labute approximate surface area is 133 Å². The molecule has 0 radical (unpaired) electrons. The highest BCUT2D eigenvalue weighted by Crippen LogP contribution is 2.43. The van der Waals surface area contributed by atoms with Crippen LogP contribution in [-0.4, -0.2) is 0 Å². The number of hydrogen-bond acceptors (Lipinski definition) is 0. The third-order valence-electron chi connectivity index (χ3n) is 7.14. The lowest BCUT2D eigenvalue weighted by molar-refractivity contribution is 0.193. The molecule has 0 N–H and O–H groups in total. The summed E-state index contributed by atoms with van der Waals surface area (Å²) < 4.78 is 0. The van der Waals surface area contributed by atoms with Crippen LogP contribution in [0.3, 0.4) is 0 Å². The van der Waals surface area contributed by atoms with Gasteiger partial charge >= 0.3 is 0 Å². The fourth-order valence-corrected chi connectivity index (χ4v) is 5.86. The predicted molar refractivity (Wildman–Crippen MR) is 92.4 cm³/mol. The van der Waals surface area contributed by atoms with E-state index in [1.165, 1.54) is 51.4 Å². The summed E-state index contributed by atoms with van der Waals surface area (Å²) in [7, 11) is 0. The van der Waals surface area contributed by atoms with Crippen LogP contribution < -0.4 is 0 Å². The molecule has 122 valence electrons. The van der Waals surface area contributed by atoms with Gasteiger partial charge in [-0.05, 0) is 30.1 Å². The van der Waals surface area contributed by atoms with E-state index >= 15 is 0 Å². The summed E-state index contributed by atoms with van der Waals surface area (Å²) >= 11 is 0. The molecule has 0 nitrogen and oxygen atoms in total. The van der Waals surface area contributed by atoms with Gasteiger partial charge in [-0.15, -0.1) is 0 Å². The van der Waals surface area contributed by atoms with Gasteiger partial charge in [-0.25, -0.2) is 0 Å². The first kappa shape index (κ1) is 15.9. The zero-order chi connectivity index (χ0) is 14.3. The SMILES string of the molecule is C1CCCC(C2CCCCC(C3CCCCCC3)C2)CC1. The average Bonchev–Trinajstić information content (AvgIpc) is 3.01. The number of rotatable bonds is 2. The van der Waals surface area contributed by atoms with E-state index in [4.69, 9.17) is 0 Å². The zero-order valence-electron chi connectivity index (χ0n) is 14.3. The van der Waals surface area contributed by atoms with Crippen LogP contribution in [0.15, 0.2) is 0 Å². The van der Waals surface area contributed by atoms with Crippen LogP contribution in [-0.2, 0) is 0 Å². The Hall–Kier alpha value is 0. The van der Waals surface area contributed by atoms with E-state index < -0.39 is 0 Å².